The van der Waals surface area contributed by atoms with Gasteiger partial charge in [-0.3, -0.25) is 4.40 Å². The molecule has 0 aromatic carbocycles. The molecule has 2 rings (SSSR count). The molecule has 2 heterocycles. The minimum Gasteiger partial charge on any atom is -0.381 e. The van der Waals surface area contributed by atoms with E-state index in [9.17, 15) is 8.42 Å². The van der Waals surface area contributed by atoms with Gasteiger partial charge in [0.15, 0.2) is 10.8 Å². The van der Waals surface area contributed by atoms with Gasteiger partial charge in [-0.1, -0.05) is 13.0 Å². The summed E-state index contributed by atoms with van der Waals surface area (Å²) in [5, 5.41) is 0.187. The number of nitrogens with one attached hydrogen (secondary N) is 1. The lowest BCUT2D eigenvalue weighted by Crippen LogP contribution is -2.30. The van der Waals surface area contributed by atoms with Gasteiger partial charge in [-0.2, -0.15) is 11.8 Å². The second-order valence-corrected chi connectivity index (χ2v) is 7.09. The Morgan fingerprint density at radius 1 is 1.53 bits per heavy atom. The maximum atomic E-state index is 12.3. The van der Waals surface area contributed by atoms with E-state index in [0.717, 1.165) is 0 Å². The van der Waals surface area contributed by atoms with E-state index < -0.39 is 10.0 Å². The Labute approximate surface area is 116 Å². The van der Waals surface area contributed by atoms with Gasteiger partial charge in [-0.15, -0.1) is 0 Å². The number of hydrogen-bond donors (Lipinski definition) is 2. The minimum absolute atomic E-state index is 0.00333. The maximum Gasteiger partial charge on any atom is 0.260 e. The summed E-state index contributed by atoms with van der Waals surface area (Å²) in [5.41, 5.74) is 6.23. The molecule has 8 heteroatoms. The predicted octanol–water partition coefficient (Wildman–Crippen LogP) is 0.946. The summed E-state index contributed by atoms with van der Waals surface area (Å²) < 4.78 is 28.6. The topological polar surface area (TPSA) is 89.5 Å². The lowest BCUT2D eigenvalue weighted by Gasteiger charge is -2.10. The molecule has 3 N–H and O–H groups in total. The molecule has 0 fully saturated rings. The van der Waals surface area contributed by atoms with Crippen molar-refractivity contribution in [2.24, 2.45) is 0 Å². The van der Waals surface area contributed by atoms with E-state index >= 15 is 0 Å². The van der Waals surface area contributed by atoms with Crippen LogP contribution in [-0.4, -0.2) is 35.9 Å². The van der Waals surface area contributed by atoms with E-state index in [1.54, 1.807) is 36.2 Å². The fourth-order valence-corrected chi connectivity index (χ4v) is 3.33. The highest BCUT2D eigenvalue weighted by Gasteiger charge is 2.23. The molecule has 0 saturated heterocycles. The van der Waals surface area contributed by atoms with Crippen LogP contribution in [0.2, 0.25) is 0 Å². The number of aromatic nitrogens is 2. The predicted molar refractivity (Wildman–Crippen MR) is 77.8 cm³/mol. The standard InChI is InChI=1S/C11H16N4O2S2/c1-8(18-2)7-13-19(16,17)11-10(12)14-9-5-3-4-6-15(9)11/h3-6,8,13H,7,12H2,1-2H3. The zero-order valence-corrected chi connectivity index (χ0v) is 12.3. The Kier molecular flexibility index (Phi) is 4.02. The summed E-state index contributed by atoms with van der Waals surface area (Å²) in [5.74, 6) is 0.00973. The molecule has 0 saturated carbocycles. The summed E-state index contributed by atoms with van der Waals surface area (Å²) in [6.45, 7) is 2.30. The van der Waals surface area contributed by atoms with Gasteiger partial charge >= 0.3 is 0 Å². The monoisotopic (exact) mass is 300 g/mol. The van der Waals surface area contributed by atoms with Gasteiger partial charge in [0.2, 0.25) is 0 Å². The first kappa shape index (κ1) is 14.2. The third kappa shape index (κ3) is 2.85. The van der Waals surface area contributed by atoms with Crippen molar-refractivity contribution >= 4 is 33.3 Å². The minimum atomic E-state index is -3.67. The molecule has 2 aromatic rings. The molecule has 1 atom stereocenters. The molecule has 1 unspecified atom stereocenters. The van der Waals surface area contributed by atoms with Crippen LogP contribution in [0.4, 0.5) is 5.82 Å². The zero-order chi connectivity index (χ0) is 14.0. The van der Waals surface area contributed by atoms with E-state index in [4.69, 9.17) is 5.73 Å². The molecule has 6 nitrogen and oxygen atoms in total. The lowest BCUT2D eigenvalue weighted by atomic mass is 10.5. The quantitative estimate of drug-likeness (QED) is 0.858. The van der Waals surface area contributed by atoms with Gasteiger partial charge in [-0.05, 0) is 18.4 Å². The molecule has 0 aliphatic carbocycles. The number of pyridine rings is 1. The second-order valence-electron chi connectivity index (χ2n) is 4.13. The van der Waals surface area contributed by atoms with Gasteiger partial charge < -0.3 is 5.73 Å². The SMILES string of the molecule is CSC(C)CNS(=O)(=O)c1c(N)nc2ccccn12. The first-order valence-corrected chi connectivity index (χ1v) is 8.48. The van der Waals surface area contributed by atoms with Crippen LogP contribution in [0.3, 0.4) is 0 Å². The molecule has 19 heavy (non-hydrogen) atoms. The fourth-order valence-electron chi connectivity index (χ4n) is 1.64. The van der Waals surface area contributed by atoms with Crippen molar-refractivity contribution < 1.29 is 8.42 Å². The molecule has 0 bridgehead atoms. The van der Waals surface area contributed by atoms with Crippen molar-refractivity contribution in [2.75, 3.05) is 18.5 Å². The van der Waals surface area contributed by atoms with Crippen LogP contribution >= 0.6 is 11.8 Å². The summed E-state index contributed by atoms with van der Waals surface area (Å²) in [7, 11) is -3.67. The number of thioether (sulfide) groups is 1. The van der Waals surface area contributed by atoms with Crippen LogP contribution in [0.15, 0.2) is 29.4 Å². The van der Waals surface area contributed by atoms with Crippen LogP contribution in [0.5, 0.6) is 0 Å². The van der Waals surface area contributed by atoms with E-state index in [1.165, 1.54) is 4.40 Å². The largest absolute Gasteiger partial charge is 0.381 e. The number of nitrogen functional groups attached to an aromatic ring is 1. The summed E-state index contributed by atoms with van der Waals surface area (Å²) in [4.78, 5) is 4.04. The molecule has 0 aliphatic rings. The highest BCUT2D eigenvalue weighted by atomic mass is 32.2. The smallest absolute Gasteiger partial charge is 0.260 e. The van der Waals surface area contributed by atoms with Crippen molar-refractivity contribution in [2.45, 2.75) is 17.2 Å². The number of nitrogens with zero attached hydrogens (tertiary/aromatic N) is 2. The number of anilines is 1. The maximum absolute atomic E-state index is 12.3. The van der Waals surface area contributed by atoms with E-state index in [2.05, 4.69) is 9.71 Å². The first-order chi connectivity index (χ1) is 8.95. The van der Waals surface area contributed by atoms with Gasteiger partial charge in [0.1, 0.15) is 5.65 Å². The molecular formula is C11H16N4O2S2. The van der Waals surface area contributed by atoms with E-state index in [-0.39, 0.29) is 16.1 Å². The molecular weight excluding hydrogens is 284 g/mol. The van der Waals surface area contributed by atoms with Gasteiger partial charge in [0, 0.05) is 18.0 Å². The van der Waals surface area contributed by atoms with Crippen LogP contribution in [0, 0.1) is 0 Å². The highest BCUT2D eigenvalue weighted by Crippen LogP contribution is 2.19. The lowest BCUT2D eigenvalue weighted by molar-refractivity contribution is 0.577. The third-order valence-electron chi connectivity index (χ3n) is 2.73. The number of hydrogen-bond acceptors (Lipinski definition) is 5. The number of nitrogens with two attached hydrogens (primary N) is 1. The van der Waals surface area contributed by atoms with Crippen LogP contribution < -0.4 is 10.5 Å². The number of fused-ring (bicyclic) bond motifs is 1. The molecule has 0 amide bonds. The van der Waals surface area contributed by atoms with Crippen LogP contribution in [0.1, 0.15) is 6.92 Å². The Morgan fingerprint density at radius 3 is 2.95 bits per heavy atom. The normalized spacial score (nSPS) is 13.8. The average molecular weight is 300 g/mol. The number of sulfonamides is 1. The summed E-state index contributed by atoms with van der Waals surface area (Å²) in [6.07, 6.45) is 3.56. The number of imidazole rings is 1. The van der Waals surface area contributed by atoms with Gasteiger partial charge in [0.25, 0.3) is 10.0 Å². The molecule has 2 aromatic heterocycles. The Hall–Kier alpha value is -1.25. The van der Waals surface area contributed by atoms with Crippen LogP contribution in [0.25, 0.3) is 5.65 Å². The summed E-state index contributed by atoms with van der Waals surface area (Å²) >= 11 is 1.59. The van der Waals surface area contributed by atoms with E-state index in [0.29, 0.717) is 12.2 Å². The zero-order valence-electron chi connectivity index (χ0n) is 10.7. The van der Waals surface area contributed by atoms with E-state index in [1.807, 2.05) is 13.2 Å². The van der Waals surface area contributed by atoms with Crippen LogP contribution in [-0.2, 0) is 10.0 Å². The summed E-state index contributed by atoms with van der Waals surface area (Å²) in [6, 6.07) is 5.22. The first-order valence-electron chi connectivity index (χ1n) is 5.70. The van der Waals surface area contributed by atoms with Gasteiger partial charge in [0.05, 0.1) is 0 Å². The molecule has 0 radical (unpaired) electrons. The van der Waals surface area contributed by atoms with Crippen molar-refractivity contribution in [3.63, 3.8) is 0 Å². The number of rotatable bonds is 5. The Bertz CT molecular complexity index is 681. The molecule has 0 spiro atoms. The van der Waals surface area contributed by atoms with Crippen molar-refractivity contribution in [3.8, 4) is 0 Å². The van der Waals surface area contributed by atoms with Crippen molar-refractivity contribution in [3.05, 3.63) is 24.4 Å². The average Bonchev–Trinajstić information content (AvgIpc) is 2.72. The highest BCUT2D eigenvalue weighted by molar-refractivity contribution is 7.99. The Morgan fingerprint density at radius 2 is 2.26 bits per heavy atom. The fraction of sp³-hybridized carbons (Fsp3) is 0.364. The third-order valence-corrected chi connectivity index (χ3v) is 5.16. The molecule has 0 aliphatic heterocycles. The van der Waals surface area contributed by atoms with Crippen molar-refractivity contribution in [1.29, 1.82) is 0 Å². The van der Waals surface area contributed by atoms with Gasteiger partial charge in [-0.25, -0.2) is 18.1 Å². The van der Waals surface area contributed by atoms with Crippen molar-refractivity contribution in [1.82, 2.24) is 14.1 Å². The Balaban J connectivity index is 2.40. The molecule has 104 valence electrons. The second kappa shape index (κ2) is 5.40.